The first-order chi connectivity index (χ1) is 8.90. The SMILES string of the molecule is N#CCCCNS(=O)(=O)c1cccc(F)c1[N+](=O)[O-]. The van der Waals surface area contributed by atoms with Gasteiger partial charge in [-0.15, -0.1) is 0 Å². The Labute approximate surface area is 108 Å². The number of nitrogens with zero attached hydrogens (tertiary/aromatic N) is 2. The number of benzene rings is 1. The number of nitrogens with one attached hydrogen (secondary N) is 1. The highest BCUT2D eigenvalue weighted by Crippen LogP contribution is 2.26. The van der Waals surface area contributed by atoms with Gasteiger partial charge in [0.25, 0.3) is 0 Å². The molecule has 0 aromatic heterocycles. The van der Waals surface area contributed by atoms with Crippen molar-refractivity contribution in [2.45, 2.75) is 17.7 Å². The summed E-state index contributed by atoms with van der Waals surface area (Å²) in [4.78, 5) is 8.88. The molecule has 0 unspecified atom stereocenters. The predicted molar refractivity (Wildman–Crippen MR) is 63.1 cm³/mol. The Morgan fingerprint density at radius 1 is 1.47 bits per heavy atom. The molecule has 0 saturated carbocycles. The molecule has 0 atom stereocenters. The van der Waals surface area contributed by atoms with Crippen molar-refractivity contribution in [3.8, 4) is 6.07 Å². The average Bonchev–Trinajstić information content (AvgIpc) is 2.34. The van der Waals surface area contributed by atoms with E-state index in [9.17, 15) is 22.9 Å². The molecular weight excluding hydrogens is 277 g/mol. The summed E-state index contributed by atoms with van der Waals surface area (Å²) in [5, 5.41) is 19.0. The lowest BCUT2D eigenvalue weighted by Crippen LogP contribution is -2.25. The van der Waals surface area contributed by atoms with Gasteiger partial charge in [-0.1, -0.05) is 6.07 Å². The van der Waals surface area contributed by atoms with Crippen molar-refractivity contribution in [1.82, 2.24) is 4.72 Å². The van der Waals surface area contributed by atoms with Crippen LogP contribution in [0.1, 0.15) is 12.8 Å². The molecule has 0 bridgehead atoms. The van der Waals surface area contributed by atoms with Crippen molar-refractivity contribution in [3.63, 3.8) is 0 Å². The third-order valence-electron chi connectivity index (χ3n) is 2.18. The van der Waals surface area contributed by atoms with Crippen LogP contribution in [0.3, 0.4) is 0 Å². The lowest BCUT2D eigenvalue weighted by atomic mass is 10.3. The van der Waals surface area contributed by atoms with Crippen LogP contribution in [0, 0.1) is 27.3 Å². The summed E-state index contributed by atoms with van der Waals surface area (Å²) in [5.41, 5.74) is -1.09. The van der Waals surface area contributed by atoms with E-state index in [1.54, 1.807) is 0 Å². The van der Waals surface area contributed by atoms with Crippen LogP contribution < -0.4 is 4.72 Å². The van der Waals surface area contributed by atoms with E-state index in [2.05, 4.69) is 4.72 Å². The lowest BCUT2D eigenvalue weighted by Gasteiger charge is -2.06. The second-order valence-electron chi connectivity index (χ2n) is 3.50. The molecule has 0 aliphatic rings. The number of unbranched alkanes of at least 4 members (excludes halogenated alkanes) is 1. The number of sulfonamides is 1. The van der Waals surface area contributed by atoms with Crippen molar-refractivity contribution in [2.24, 2.45) is 0 Å². The number of rotatable bonds is 6. The molecule has 1 N–H and O–H groups in total. The minimum absolute atomic E-state index is 0.0520. The Kier molecular flexibility index (Phi) is 4.91. The molecule has 1 aromatic rings. The van der Waals surface area contributed by atoms with Gasteiger partial charge in [-0.25, -0.2) is 13.1 Å². The van der Waals surface area contributed by atoms with Gasteiger partial charge < -0.3 is 0 Å². The van der Waals surface area contributed by atoms with Gasteiger partial charge in [0.05, 0.1) is 11.0 Å². The van der Waals surface area contributed by atoms with Crippen molar-refractivity contribution >= 4 is 15.7 Å². The molecule has 0 heterocycles. The largest absolute Gasteiger partial charge is 0.324 e. The third kappa shape index (κ3) is 3.70. The van der Waals surface area contributed by atoms with E-state index in [1.807, 2.05) is 6.07 Å². The third-order valence-corrected chi connectivity index (χ3v) is 3.67. The Balaban J connectivity index is 3.05. The second kappa shape index (κ2) is 6.21. The van der Waals surface area contributed by atoms with Gasteiger partial charge in [0.1, 0.15) is 0 Å². The average molecular weight is 287 g/mol. The van der Waals surface area contributed by atoms with E-state index in [0.29, 0.717) is 0 Å². The number of halogens is 1. The molecule has 0 fully saturated rings. The summed E-state index contributed by atoms with van der Waals surface area (Å²) in [6, 6.07) is 4.67. The first-order valence-corrected chi connectivity index (χ1v) is 6.68. The van der Waals surface area contributed by atoms with Gasteiger partial charge in [-0.2, -0.15) is 9.65 Å². The molecule has 0 aliphatic carbocycles. The number of hydrogen-bond donors (Lipinski definition) is 1. The van der Waals surface area contributed by atoms with Crippen LogP contribution in [-0.2, 0) is 10.0 Å². The van der Waals surface area contributed by atoms with Crippen molar-refractivity contribution in [1.29, 1.82) is 5.26 Å². The van der Waals surface area contributed by atoms with E-state index in [1.165, 1.54) is 0 Å². The number of nitriles is 1. The zero-order valence-electron chi connectivity index (χ0n) is 9.67. The van der Waals surface area contributed by atoms with E-state index in [0.717, 1.165) is 18.2 Å². The van der Waals surface area contributed by atoms with Gasteiger partial charge in [0.2, 0.25) is 15.8 Å². The quantitative estimate of drug-likeness (QED) is 0.481. The number of hydrogen-bond acceptors (Lipinski definition) is 5. The van der Waals surface area contributed by atoms with E-state index in [-0.39, 0.29) is 19.4 Å². The molecule has 0 radical (unpaired) electrons. The van der Waals surface area contributed by atoms with Crippen molar-refractivity contribution in [2.75, 3.05) is 6.54 Å². The molecule has 0 saturated heterocycles. The topological polar surface area (TPSA) is 113 Å². The zero-order valence-corrected chi connectivity index (χ0v) is 10.5. The van der Waals surface area contributed by atoms with Crippen LogP contribution >= 0.6 is 0 Å². The van der Waals surface area contributed by atoms with E-state index < -0.39 is 31.3 Å². The molecule has 0 spiro atoms. The van der Waals surface area contributed by atoms with Crippen LogP contribution in [0.5, 0.6) is 0 Å². The van der Waals surface area contributed by atoms with Crippen molar-refractivity contribution in [3.05, 3.63) is 34.1 Å². The van der Waals surface area contributed by atoms with Crippen LogP contribution in [0.25, 0.3) is 0 Å². The van der Waals surface area contributed by atoms with Crippen LogP contribution in [-0.4, -0.2) is 19.9 Å². The van der Waals surface area contributed by atoms with E-state index >= 15 is 0 Å². The molecule has 1 aromatic carbocycles. The highest BCUT2D eigenvalue weighted by atomic mass is 32.2. The Morgan fingerprint density at radius 2 is 2.16 bits per heavy atom. The fourth-order valence-corrected chi connectivity index (χ4v) is 2.59. The summed E-state index contributed by atoms with van der Waals surface area (Å²) < 4.78 is 39.0. The summed E-state index contributed by atoms with van der Waals surface area (Å²) in [6.45, 7) is -0.0520. The predicted octanol–water partition coefficient (Wildman–Crippen LogP) is 1.32. The van der Waals surface area contributed by atoms with Gasteiger partial charge >= 0.3 is 5.69 Å². The molecule has 9 heteroatoms. The molecule has 19 heavy (non-hydrogen) atoms. The van der Waals surface area contributed by atoms with Crippen LogP contribution in [0.2, 0.25) is 0 Å². The highest BCUT2D eigenvalue weighted by Gasteiger charge is 2.28. The standard InChI is InChI=1S/C10H10FN3O4S/c11-8-4-3-5-9(10(8)14(15)16)19(17,18)13-7-2-1-6-12/h3-5,13H,1-2,7H2. The first-order valence-electron chi connectivity index (χ1n) is 5.19. The summed E-state index contributed by atoms with van der Waals surface area (Å²) >= 11 is 0. The minimum Gasteiger partial charge on any atom is -0.258 e. The lowest BCUT2D eigenvalue weighted by molar-refractivity contribution is -0.390. The Bertz CT molecular complexity index is 624. The van der Waals surface area contributed by atoms with Gasteiger partial charge in [-0.3, -0.25) is 10.1 Å². The molecule has 7 nitrogen and oxygen atoms in total. The van der Waals surface area contributed by atoms with E-state index in [4.69, 9.17) is 5.26 Å². The zero-order chi connectivity index (χ0) is 14.5. The maximum atomic E-state index is 13.3. The molecule has 1 rings (SSSR count). The fraction of sp³-hybridized carbons (Fsp3) is 0.300. The molecule has 102 valence electrons. The fourth-order valence-electron chi connectivity index (χ4n) is 1.34. The Morgan fingerprint density at radius 3 is 2.74 bits per heavy atom. The number of para-hydroxylation sites is 1. The minimum atomic E-state index is -4.18. The van der Waals surface area contributed by atoms with Gasteiger partial charge in [0, 0.05) is 13.0 Å². The highest BCUT2D eigenvalue weighted by molar-refractivity contribution is 7.89. The van der Waals surface area contributed by atoms with Crippen molar-refractivity contribution < 1.29 is 17.7 Å². The smallest absolute Gasteiger partial charge is 0.258 e. The number of nitro groups is 1. The second-order valence-corrected chi connectivity index (χ2v) is 5.24. The monoisotopic (exact) mass is 287 g/mol. The molecule has 0 aliphatic heterocycles. The maximum absolute atomic E-state index is 13.3. The van der Waals surface area contributed by atoms with Crippen LogP contribution in [0.15, 0.2) is 23.1 Å². The maximum Gasteiger partial charge on any atom is 0.324 e. The normalized spacial score (nSPS) is 10.9. The molecule has 0 amide bonds. The molecular formula is C10H10FN3O4S. The van der Waals surface area contributed by atoms with Gasteiger partial charge in [-0.05, 0) is 18.6 Å². The Hall–Kier alpha value is -2.05. The van der Waals surface area contributed by atoms with Crippen LogP contribution in [0.4, 0.5) is 10.1 Å². The summed E-state index contributed by atoms with van der Waals surface area (Å²) in [7, 11) is -4.18. The number of nitro benzene ring substituents is 1. The summed E-state index contributed by atoms with van der Waals surface area (Å²) in [6.07, 6.45) is 0.409. The first kappa shape index (κ1) is 15.0. The summed E-state index contributed by atoms with van der Waals surface area (Å²) in [5.74, 6) is -1.22. The van der Waals surface area contributed by atoms with Gasteiger partial charge in [0.15, 0.2) is 4.90 Å².